The zero-order chi connectivity index (χ0) is 63.0. The fourth-order valence-corrected chi connectivity index (χ4v) is 15.4. The molecule has 1 aliphatic heterocycles. The average molecular weight is 1230 g/mol. The molecule has 0 atom stereocenters. The molecule has 7 heterocycles. The van der Waals surface area contributed by atoms with Crippen LogP contribution in [0.25, 0.3) is 144 Å². The van der Waals surface area contributed by atoms with Gasteiger partial charge in [0.2, 0.25) is 0 Å². The number of anilines is 5. The van der Waals surface area contributed by atoms with Crippen LogP contribution in [-0.2, 0) is 0 Å². The zero-order valence-corrected chi connectivity index (χ0v) is 51.7. The molecule has 96 heavy (non-hydrogen) atoms. The van der Waals surface area contributed by atoms with Gasteiger partial charge in [0.05, 0.1) is 39.0 Å². The van der Waals surface area contributed by atoms with Crippen molar-refractivity contribution < 1.29 is 4.68 Å². The van der Waals surface area contributed by atoms with Crippen LogP contribution in [0.3, 0.4) is 0 Å². The first-order valence-electron chi connectivity index (χ1n) is 32.5. The molecule has 0 unspecified atom stereocenters. The molecule has 0 saturated carbocycles. The van der Waals surface area contributed by atoms with E-state index < -0.39 is 0 Å². The van der Waals surface area contributed by atoms with Crippen molar-refractivity contribution >= 4 is 116 Å². The van der Waals surface area contributed by atoms with Gasteiger partial charge in [-0.05, 0) is 84.9 Å². The van der Waals surface area contributed by atoms with Gasteiger partial charge in [0.15, 0.2) is 17.5 Å². The van der Waals surface area contributed by atoms with Gasteiger partial charge >= 0.3 is 0 Å². The van der Waals surface area contributed by atoms with Gasteiger partial charge in [-0.2, -0.15) is 5.01 Å². The van der Waals surface area contributed by atoms with E-state index in [1.54, 1.807) is 0 Å². The van der Waals surface area contributed by atoms with E-state index in [-0.39, 0.29) is 0 Å². The van der Waals surface area contributed by atoms with E-state index in [9.17, 15) is 0 Å². The lowest BCUT2D eigenvalue weighted by atomic mass is 10.1. The summed E-state index contributed by atoms with van der Waals surface area (Å²) in [6.07, 6.45) is 0. The largest absolute Gasteiger partial charge is 0.306 e. The predicted octanol–water partition coefficient (Wildman–Crippen LogP) is 20.9. The van der Waals surface area contributed by atoms with Crippen LogP contribution in [0.1, 0.15) is 0 Å². The minimum absolute atomic E-state index is 0.474. The fraction of sp³-hybridized carbons (Fsp3) is 0. The number of aromatic nitrogens is 8. The molecular formula is C86H55N10+. The van der Waals surface area contributed by atoms with E-state index in [4.69, 9.17) is 15.0 Å². The number of fused-ring (bicyclic) bond motifs is 14. The van der Waals surface area contributed by atoms with Crippen molar-refractivity contribution in [1.29, 1.82) is 0 Å². The van der Waals surface area contributed by atoms with Crippen LogP contribution in [0.4, 0.5) is 28.4 Å². The molecule has 10 heteroatoms. The van der Waals surface area contributed by atoms with Crippen LogP contribution < -0.4 is 14.6 Å². The van der Waals surface area contributed by atoms with E-state index in [0.29, 0.717) is 17.5 Å². The van der Waals surface area contributed by atoms with Gasteiger partial charge in [0, 0.05) is 59.9 Å². The molecule has 0 saturated heterocycles. The standard InChI is InChI=1S/C86H55N10/c1-4-30-56(31-5-1)82-87-83(57-32-6-2-7-33-57)89-84(88-82)79-80(91-67-44-18-10-36-59(67)60-37-11-19-45-68(60)91)85(93-71-48-22-14-40-63(71)64-41-15-23-49-72(64)93)96(95-77-54-28-26-52-75(77)90(58-34-8-3-9-35-58)76-53-27-29-55-78(76)95)86(94-73-50-24-16-42-65(73)66-43-17-25-51-74(66)94)81(79)92-69-46-20-12-38-61(69)62-39-13-21-47-70(62)92/h1-55H/q+1. The summed E-state index contributed by atoms with van der Waals surface area (Å²) in [6.45, 7) is 0. The average Bonchev–Trinajstić information content (AvgIpc) is 1.33. The molecule has 6 aromatic heterocycles. The topological polar surface area (TPSA) is 68.8 Å². The van der Waals surface area contributed by atoms with Gasteiger partial charge in [-0.25, -0.2) is 24.1 Å². The van der Waals surface area contributed by atoms with Crippen LogP contribution in [0.2, 0.25) is 0 Å². The second-order valence-electron chi connectivity index (χ2n) is 24.5. The minimum atomic E-state index is 0.474. The van der Waals surface area contributed by atoms with Crippen LogP contribution in [0, 0.1) is 0 Å². The third kappa shape index (κ3) is 7.81. The number of rotatable bonds is 9. The second-order valence-corrected chi connectivity index (χ2v) is 24.5. The molecule has 1 aliphatic rings. The van der Waals surface area contributed by atoms with E-state index in [0.717, 1.165) is 155 Å². The first-order chi connectivity index (χ1) is 47.7. The molecule has 13 aromatic carbocycles. The Morgan fingerprint density at radius 2 is 0.469 bits per heavy atom. The summed E-state index contributed by atoms with van der Waals surface area (Å²) in [5, 5.41) is 11.3. The third-order valence-corrected chi connectivity index (χ3v) is 19.3. The number of para-hydroxylation sites is 13. The van der Waals surface area contributed by atoms with Crippen molar-refractivity contribution in [3.05, 3.63) is 334 Å². The van der Waals surface area contributed by atoms with E-state index in [1.165, 1.54) is 0 Å². The number of hydrogen-bond acceptors (Lipinski definition) is 5. The molecule has 0 spiro atoms. The van der Waals surface area contributed by atoms with E-state index in [2.05, 4.69) is 354 Å². The first kappa shape index (κ1) is 53.5. The summed E-state index contributed by atoms with van der Waals surface area (Å²) < 4.78 is 12.7. The number of pyridine rings is 1. The van der Waals surface area contributed by atoms with Gasteiger partial charge in [0.1, 0.15) is 44.8 Å². The van der Waals surface area contributed by atoms with Crippen LogP contribution >= 0.6 is 0 Å². The molecular weight excluding hydrogens is 1170 g/mol. The monoisotopic (exact) mass is 1230 g/mol. The Kier molecular flexibility index (Phi) is 11.8. The number of benzene rings is 13. The summed E-state index contributed by atoms with van der Waals surface area (Å²) in [5.41, 5.74) is 17.1. The molecule has 10 nitrogen and oxygen atoms in total. The highest BCUT2D eigenvalue weighted by molar-refractivity contribution is 6.15. The van der Waals surface area contributed by atoms with Crippen molar-refractivity contribution in [2.24, 2.45) is 0 Å². The maximum absolute atomic E-state index is 6.02. The lowest BCUT2D eigenvalue weighted by Gasteiger charge is -2.40. The molecule has 0 aliphatic carbocycles. The van der Waals surface area contributed by atoms with Crippen molar-refractivity contribution in [2.45, 2.75) is 0 Å². The Balaban J connectivity index is 1.15. The molecule has 0 fully saturated rings. The van der Waals surface area contributed by atoms with E-state index >= 15 is 0 Å². The molecule has 0 N–H and O–H groups in total. The summed E-state index contributed by atoms with van der Waals surface area (Å²) in [5.74, 6) is 3.18. The Bertz CT molecular complexity index is 5790. The van der Waals surface area contributed by atoms with Gasteiger partial charge in [-0.15, -0.1) is 4.68 Å². The molecule has 0 radical (unpaired) electrons. The molecule has 0 amide bonds. The number of nitrogens with zero attached hydrogens (tertiary/aromatic N) is 10. The highest BCUT2D eigenvalue weighted by Crippen LogP contribution is 2.54. The van der Waals surface area contributed by atoms with Crippen LogP contribution in [0.15, 0.2) is 334 Å². The van der Waals surface area contributed by atoms with Crippen molar-refractivity contribution in [2.75, 3.05) is 9.91 Å². The van der Waals surface area contributed by atoms with Crippen molar-refractivity contribution in [3.8, 4) is 57.2 Å². The van der Waals surface area contributed by atoms with Gasteiger partial charge in [-0.3, -0.25) is 0 Å². The SMILES string of the molecule is c1ccc(-c2nc(-c3ccccc3)nc(-c3c(-n4c5ccccc5c5ccccc54)c(-n4c5ccccc5c5ccccc54)[n+](N4c5ccccc5N(c5ccccc5)c5ccccc54)c(-n4c5ccccc5c5ccccc54)c3-n3c4ccccc4c4ccccc43)n2)cc1. The normalized spacial score (nSPS) is 12.3. The minimum Gasteiger partial charge on any atom is -0.306 e. The Hall–Kier alpha value is -13.2. The molecule has 19 aromatic rings. The highest BCUT2D eigenvalue weighted by atomic mass is 15.6. The maximum atomic E-state index is 6.02. The van der Waals surface area contributed by atoms with Gasteiger partial charge < -0.3 is 14.0 Å². The van der Waals surface area contributed by atoms with Crippen molar-refractivity contribution in [1.82, 2.24) is 33.2 Å². The number of hydrogen-bond donors (Lipinski definition) is 0. The lowest BCUT2D eigenvalue weighted by molar-refractivity contribution is -0.663. The Labute approximate surface area is 551 Å². The summed E-state index contributed by atoms with van der Waals surface area (Å²) in [7, 11) is 0. The van der Waals surface area contributed by atoms with Crippen LogP contribution in [0.5, 0.6) is 0 Å². The van der Waals surface area contributed by atoms with E-state index in [1.807, 2.05) is 12.1 Å². The Morgan fingerprint density at radius 1 is 0.219 bits per heavy atom. The lowest BCUT2D eigenvalue weighted by Crippen LogP contribution is -2.59. The second kappa shape index (κ2) is 21.2. The molecule has 20 rings (SSSR count). The Morgan fingerprint density at radius 3 is 0.792 bits per heavy atom. The van der Waals surface area contributed by atoms with Crippen LogP contribution in [-0.4, -0.2) is 33.2 Å². The first-order valence-corrected chi connectivity index (χ1v) is 32.5. The summed E-state index contributed by atoms with van der Waals surface area (Å²) in [6, 6.07) is 120. The van der Waals surface area contributed by atoms with Gasteiger partial charge in [0.25, 0.3) is 11.6 Å². The fourth-order valence-electron chi connectivity index (χ4n) is 15.4. The molecule has 0 bridgehead atoms. The summed E-state index contributed by atoms with van der Waals surface area (Å²) >= 11 is 0. The quantitative estimate of drug-likeness (QED) is 0.135. The van der Waals surface area contributed by atoms with Gasteiger partial charge in [-0.1, -0.05) is 249 Å². The smallest absolute Gasteiger partial charge is 0.282 e. The predicted molar refractivity (Wildman–Crippen MR) is 392 cm³/mol. The van der Waals surface area contributed by atoms with Crippen molar-refractivity contribution in [3.63, 3.8) is 0 Å². The maximum Gasteiger partial charge on any atom is 0.282 e. The third-order valence-electron chi connectivity index (χ3n) is 19.3. The molecule has 448 valence electrons. The highest BCUT2D eigenvalue weighted by Gasteiger charge is 2.45. The zero-order valence-electron chi connectivity index (χ0n) is 51.7. The summed E-state index contributed by atoms with van der Waals surface area (Å²) in [4.78, 5) is 19.9.